The van der Waals surface area contributed by atoms with E-state index in [0.717, 1.165) is 77.0 Å². The van der Waals surface area contributed by atoms with Gasteiger partial charge in [0.1, 0.15) is 0 Å². The third-order valence-corrected chi connectivity index (χ3v) is 14.1. The number of benzene rings is 9. The molecular formula is C57H34N6S. The van der Waals surface area contributed by atoms with Gasteiger partial charge in [-0.2, -0.15) is 15.0 Å². The lowest BCUT2D eigenvalue weighted by atomic mass is 9.93. The topological polar surface area (TPSA) is 53.5 Å². The summed E-state index contributed by atoms with van der Waals surface area (Å²) < 4.78 is 9.32. The molecule has 0 aliphatic rings. The molecule has 7 heteroatoms. The molecule has 0 unspecified atom stereocenters. The second kappa shape index (κ2) is 13.6. The second-order valence-electron chi connectivity index (χ2n) is 16.3. The molecular weight excluding hydrogens is 801 g/mol. The summed E-state index contributed by atoms with van der Waals surface area (Å²) in [5, 5.41) is 9.39. The summed E-state index contributed by atoms with van der Waals surface area (Å²) in [6.45, 7) is 0. The molecule has 0 aliphatic heterocycles. The molecule has 0 N–H and O–H groups in total. The fourth-order valence-electron chi connectivity index (χ4n) is 10.3. The molecule has 14 rings (SSSR count). The van der Waals surface area contributed by atoms with E-state index >= 15 is 0 Å². The molecule has 0 saturated carbocycles. The van der Waals surface area contributed by atoms with Gasteiger partial charge in [0.15, 0.2) is 5.82 Å². The quantitative estimate of drug-likeness (QED) is 0.174. The fraction of sp³-hybridized carbons (Fsp3) is 0. The first kappa shape index (κ1) is 35.2. The van der Waals surface area contributed by atoms with Crippen LogP contribution in [0.3, 0.4) is 0 Å². The van der Waals surface area contributed by atoms with Crippen molar-refractivity contribution >= 4 is 96.9 Å². The predicted molar refractivity (Wildman–Crippen MR) is 267 cm³/mol. The fourth-order valence-corrected chi connectivity index (χ4v) is 11.4. The van der Waals surface area contributed by atoms with Crippen molar-refractivity contribution in [1.82, 2.24) is 28.7 Å². The maximum absolute atomic E-state index is 5.68. The number of aromatic nitrogens is 6. The molecule has 9 aromatic carbocycles. The lowest BCUT2D eigenvalue weighted by Gasteiger charge is -2.19. The zero-order chi connectivity index (χ0) is 41.9. The van der Waals surface area contributed by atoms with Crippen LogP contribution < -0.4 is 0 Å². The van der Waals surface area contributed by atoms with Crippen molar-refractivity contribution in [3.8, 4) is 40.1 Å². The molecule has 5 aromatic heterocycles. The van der Waals surface area contributed by atoms with Crippen LogP contribution in [0.15, 0.2) is 206 Å². The lowest BCUT2D eigenvalue weighted by molar-refractivity contribution is 0.892. The Morgan fingerprint density at radius 1 is 0.297 bits per heavy atom. The van der Waals surface area contributed by atoms with Crippen molar-refractivity contribution in [2.75, 3.05) is 0 Å². The maximum Gasteiger partial charge on any atom is 0.240 e. The second-order valence-corrected chi connectivity index (χ2v) is 17.4. The number of rotatable bonds is 5. The van der Waals surface area contributed by atoms with E-state index in [-0.39, 0.29) is 0 Å². The van der Waals surface area contributed by atoms with Crippen LogP contribution in [-0.2, 0) is 0 Å². The van der Waals surface area contributed by atoms with E-state index in [1.807, 2.05) is 11.3 Å². The van der Waals surface area contributed by atoms with Crippen LogP contribution in [0.2, 0.25) is 0 Å². The Balaban J connectivity index is 1.18. The summed E-state index contributed by atoms with van der Waals surface area (Å²) in [4.78, 5) is 16.9. The molecule has 298 valence electrons. The van der Waals surface area contributed by atoms with Gasteiger partial charge >= 0.3 is 0 Å². The number of thiophene rings is 1. The maximum atomic E-state index is 5.68. The number of para-hydroxylation sites is 6. The van der Waals surface area contributed by atoms with E-state index in [0.29, 0.717) is 17.7 Å². The van der Waals surface area contributed by atoms with E-state index in [9.17, 15) is 0 Å². The summed E-state index contributed by atoms with van der Waals surface area (Å²) >= 11 is 1.83. The first-order chi connectivity index (χ1) is 31.8. The van der Waals surface area contributed by atoms with Gasteiger partial charge in [-0.3, -0.25) is 9.13 Å². The summed E-state index contributed by atoms with van der Waals surface area (Å²) in [6.07, 6.45) is 0. The molecule has 0 radical (unpaired) electrons. The van der Waals surface area contributed by atoms with Crippen molar-refractivity contribution in [3.05, 3.63) is 206 Å². The average Bonchev–Trinajstić information content (AvgIpc) is 4.10. The van der Waals surface area contributed by atoms with Crippen LogP contribution in [0, 0.1) is 0 Å². The highest BCUT2D eigenvalue weighted by atomic mass is 32.1. The largest absolute Gasteiger partial charge is 0.308 e. The number of nitrogens with zero attached hydrogens (tertiary/aromatic N) is 6. The van der Waals surface area contributed by atoms with Gasteiger partial charge in [-0.15, -0.1) is 11.3 Å². The van der Waals surface area contributed by atoms with E-state index in [4.69, 9.17) is 15.0 Å². The Hall–Kier alpha value is -8.39. The van der Waals surface area contributed by atoms with E-state index in [1.165, 1.54) is 30.9 Å². The average molecular weight is 835 g/mol. The Morgan fingerprint density at radius 3 is 1.16 bits per heavy atom. The van der Waals surface area contributed by atoms with Gasteiger partial charge in [-0.1, -0.05) is 152 Å². The van der Waals surface area contributed by atoms with Gasteiger partial charge in [0.05, 0.1) is 44.4 Å². The molecule has 0 bridgehead atoms. The molecule has 6 nitrogen and oxygen atoms in total. The molecule has 0 saturated heterocycles. The Bertz CT molecular complexity index is 3930. The van der Waals surface area contributed by atoms with Gasteiger partial charge in [0.2, 0.25) is 11.9 Å². The van der Waals surface area contributed by atoms with Crippen LogP contribution in [0.1, 0.15) is 0 Å². The van der Waals surface area contributed by atoms with Crippen molar-refractivity contribution in [2.24, 2.45) is 0 Å². The van der Waals surface area contributed by atoms with Gasteiger partial charge in [-0.25, -0.2) is 0 Å². The molecule has 5 heterocycles. The Labute approximate surface area is 370 Å². The highest BCUT2D eigenvalue weighted by Crippen LogP contribution is 2.46. The minimum absolute atomic E-state index is 0.543. The Morgan fingerprint density at radius 2 is 0.672 bits per heavy atom. The first-order valence-corrected chi connectivity index (χ1v) is 22.4. The van der Waals surface area contributed by atoms with Crippen molar-refractivity contribution in [3.63, 3.8) is 0 Å². The van der Waals surface area contributed by atoms with Crippen LogP contribution in [0.4, 0.5) is 0 Å². The number of hydrogen-bond donors (Lipinski definition) is 0. The molecule has 0 amide bonds. The lowest BCUT2D eigenvalue weighted by Crippen LogP contribution is -2.11. The van der Waals surface area contributed by atoms with Crippen molar-refractivity contribution < 1.29 is 0 Å². The first-order valence-electron chi connectivity index (χ1n) is 21.5. The SMILES string of the molecule is c1cc(-c2cccc3sc4ccccc4c23)c(-c2nc(-n3c4ccccc4c4ccccc43)nc(-n3c4ccccc4c4ccccc43)n2)c(-n2c3ccccc3c3ccccc32)c1. The monoisotopic (exact) mass is 834 g/mol. The predicted octanol–water partition coefficient (Wildman–Crippen LogP) is 14.9. The van der Waals surface area contributed by atoms with E-state index < -0.39 is 0 Å². The van der Waals surface area contributed by atoms with Crippen molar-refractivity contribution in [2.45, 2.75) is 0 Å². The molecule has 64 heavy (non-hydrogen) atoms. The molecule has 0 atom stereocenters. The summed E-state index contributed by atoms with van der Waals surface area (Å²) in [5.41, 5.74) is 10.4. The van der Waals surface area contributed by atoms with Crippen LogP contribution in [0.5, 0.6) is 0 Å². The Kier molecular flexibility index (Phi) is 7.46. The molecule has 0 fully saturated rings. The van der Waals surface area contributed by atoms with Gasteiger partial charge < -0.3 is 4.57 Å². The zero-order valence-corrected chi connectivity index (χ0v) is 35.0. The standard InChI is InChI=1S/C57H34N6S/c1-8-26-44-35(17-1)36-18-2-9-27-45(36)61(44)50-32-15-24-42(41-25-16-34-52-53(41)43-23-7-14-33-51(43)64-52)54(50)55-58-56(62-46-28-10-3-19-37(46)38-20-4-11-29-47(38)62)60-57(59-55)63-48-30-12-5-21-39(48)40-22-6-13-31-49(40)63/h1-34H. The highest BCUT2D eigenvalue weighted by Gasteiger charge is 2.26. The summed E-state index contributed by atoms with van der Waals surface area (Å²) in [5.74, 6) is 1.66. The molecule has 0 aliphatic carbocycles. The minimum Gasteiger partial charge on any atom is -0.308 e. The van der Waals surface area contributed by atoms with Crippen LogP contribution in [0.25, 0.3) is 126 Å². The minimum atomic E-state index is 0.543. The van der Waals surface area contributed by atoms with E-state index in [2.05, 4.69) is 220 Å². The van der Waals surface area contributed by atoms with Crippen LogP contribution in [-0.4, -0.2) is 28.7 Å². The summed E-state index contributed by atoms with van der Waals surface area (Å²) in [6, 6.07) is 73.7. The normalized spacial score (nSPS) is 12.1. The zero-order valence-electron chi connectivity index (χ0n) is 34.2. The third kappa shape index (κ3) is 4.98. The third-order valence-electron chi connectivity index (χ3n) is 13.0. The van der Waals surface area contributed by atoms with Crippen molar-refractivity contribution in [1.29, 1.82) is 0 Å². The van der Waals surface area contributed by atoms with Gasteiger partial charge in [-0.05, 0) is 65.7 Å². The smallest absolute Gasteiger partial charge is 0.240 e. The highest BCUT2D eigenvalue weighted by molar-refractivity contribution is 7.25. The number of fused-ring (bicyclic) bond motifs is 12. The number of hydrogen-bond acceptors (Lipinski definition) is 4. The van der Waals surface area contributed by atoms with Gasteiger partial charge in [0, 0.05) is 52.5 Å². The van der Waals surface area contributed by atoms with Gasteiger partial charge in [0.25, 0.3) is 0 Å². The molecule has 14 aromatic rings. The van der Waals surface area contributed by atoms with E-state index in [1.54, 1.807) is 0 Å². The molecule has 0 spiro atoms. The summed E-state index contributed by atoms with van der Waals surface area (Å²) in [7, 11) is 0. The van der Waals surface area contributed by atoms with Crippen LogP contribution >= 0.6 is 11.3 Å².